The van der Waals surface area contributed by atoms with Crippen LogP contribution in [0.5, 0.6) is 0 Å². The van der Waals surface area contributed by atoms with Crippen molar-refractivity contribution in [2.24, 2.45) is 5.92 Å². The molecule has 0 saturated heterocycles. The first kappa shape index (κ1) is 19.4. The quantitative estimate of drug-likeness (QED) is 0.427. The number of ether oxygens (including phenoxy) is 1. The predicted molar refractivity (Wildman–Crippen MR) is 99.5 cm³/mol. The molecule has 0 aromatic heterocycles. The SMILES string of the molecule is CCCCc1ccc(CO[C@H]2CC[C@H](/C=C/C=C(\F)C#N)CC2)cc1. The summed E-state index contributed by atoms with van der Waals surface area (Å²) in [7, 11) is 0. The summed E-state index contributed by atoms with van der Waals surface area (Å²) in [6.45, 7) is 2.89. The molecular weight excluding hydrogens is 313 g/mol. The molecule has 1 aromatic carbocycles. The van der Waals surface area contributed by atoms with Gasteiger partial charge in [0.25, 0.3) is 0 Å². The van der Waals surface area contributed by atoms with Gasteiger partial charge in [0, 0.05) is 0 Å². The Kier molecular flexibility index (Phi) is 8.42. The van der Waals surface area contributed by atoms with Gasteiger partial charge in [0.05, 0.1) is 12.7 Å². The smallest absolute Gasteiger partial charge is 0.199 e. The van der Waals surface area contributed by atoms with Crippen molar-refractivity contribution in [3.05, 3.63) is 59.4 Å². The number of hydrogen-bond acceptors (Lipinski definition) is 2. The van der Waals surface area contributed by atoms with Crippen molar-refractivity contribution in [2.45, 2.75) is 64.6 Å². The molecule has 2 rings (SSSR count). The first-order chi connectivity index (χ1) is 12.2. The molecule has 0 N–H and O–H groups in total. The highest BCUT2D eigenvalue weighted by molar-refractivity contribution is 5.22. The van der Waals surface area contributed by atoms with E-state index in [4.69, 9.17) is 10.00 Å². The number of benzene rings is 1. The molecule has 2 nitrogen and oxygen atoms in total. The molecule has 134 valence electrons. The monoisotopic (exact) mass is 341 g/mol. The second-order valence-electron chi connectivity index (χ2n) is 6.78. The Morgan fingerprint density at radius 1 is 1.20 bits per heavy atom. The lowest BCUT2D eigenvalue weighted by atomic mass is 9.87. The number of halogens is 1. The Bertz CT molecular complexity index is 604. The number of nitriles is 1. The minimum Gasteiger partial charge on any atom is -0.374 e. The van der Waals surface area contributed by atoms with Crippen LogP contribution in [0, 0.1) is 17.2 Å². The van der Waals surface area contributed by atoms with Crippen LogP contribution in [-0.4, -0.2) is 6.10 Å². The van der Waals surface area contributed by atoms with Crippen molar-refractivity contribution < 1.29 is 9.13 Å². The number of unbranched alkanes of at least 4 members (excludes halogenated alkanes) is 1. The molecule has 0 radical (unpaired) electrons. The van der Waals surface area contributed by atoms with Crippen molar-refractivity contribution in [1.29, 1.82) is 5.26 Å². The van der Waals surface area contributed by atoms with E-state index in [9.17, 15) is 4.39 Å². The van der Waals surface area contributed by atoms with Gasteiger partial charge in [0.1, 0.15) is 6.07 Å². The largest absolute Gasteiger partial charge is 0.374 e. The van der Waals surface area contributed by atoms with E-state index in [0.29, 0.717) is 18.6 Å². The van der Waals surface area contributed by atoms with E-state index in [1.165, 1.54) is 36.1 Å². The third-order valence-electron chi connectivity index (χ3n) is 4.78. The summed E-state index contributed by atoms with van der Waals surface area (Å²) in [4.78, 5) is 0. The highest BCUT2D eigenvalue weighted by atomic mass is 19.1. The van der Waals surface area contributed by atoms with Crippen LogP contribution in [0.25, 0.3) is 0 Å². The molecule has 0 unspecified atom stereocenters. The van der Waals surface area contributed by atoms with Gasteiger partial charge in [-0.05, 0) is 61.6 Å². The Morgan fingerprint density at radius 2 is 1.88 bits per heavy atom. The van der Waals surface area contributed by atoms with Crippen LogP contribution in [0.3, 0.4) is 0 Å². The van der Waals surface area contributed by atoms with Gasteiger partial charge < -0.3 is 4.74 Å². The van der Waals surface area contributed by atoms with Gasteiger partial charge in [-0.3, -0.25) is 0 Å². The van der Waals surface area contributed by atoms with E-state index in [-0.39, 0.29) is 0 Å². The highest BCUT2D eigenvalue weighted by Crippen LogP contribution is 2.28. The van der Waals surface area contributed by atoms with Crippen molar-refractivity contribution in [1.82, 2.24) is 0 Å². The van der Waals surface area contributed by atoms with Crippen LogP contribution >= 0.6 is 0 Å². The minimum absolute atomic E-state index is 0.316. The molecular formula is C22H28FNO. The summed E-state index contributed by atoms with van der Waals surface area (Å²) in [5.74, 6) is -0.283. The number of rotatable bonds is 8. The van der Waals surface area contributed by atoms with Gasteiger partial charge in [-0.25, -0.2) is 0 Å². The standard InChI is InChI=1S/C22H28FNO/c1-2-3-5-18-8-10-20(11-9-18)17-25-22-14-12-19(13-15-22)6-4-7-21(23)16-24/h4,6-11,19,22H,2-3,5,12-15,17H2,1H3/b6-4+,21-7-/t19-,22-. The van der Waals surface area contributed by atoms with Crippen LogP contribution in [0.1, 0.15) is 56.6 Å². The summed E-state index contributed by atoms with van der Waals surface area (Å²) in [5, 5.41) is 8.37. The van der Waals surface area contributed by atoms with Gasteiger partial charge in [0.15, 0.2) is 5.83 Å². The van der Waals surface area contributed by atoms with E-state index in [1.54, 1.807) is 6.08 Å². The van der Waals surface area contributed by atoms with Gasteiger partial charge in [0.2, 0.25) is 0 Å². The summed E-state index contributed by atoms with van der Waals surface area (Å²) < 4.78 is 18.8. The molecule has 0 spiro atoms. The normalized spacial score (nSPS) is 21.4. The maximum absolute atomic E-state index is 12.7. The number of aryl methyl sites for hydroxylation is 1. The zero-order chi connectivity index (χ0) is 17.9. The van der Waals surface area contributed by atoms with Crippen molar-refractivity contribution >= 4 is 0 Å². The van der Waals surface area contributed by atoms with Crippen LogP contribution in [0.15, 0.2) is 48.3 Å². The molecule has 0 atom stereocenters. The summed E-state index contributed by atoms with van der Waals surface area (Å²) >= 11 is 0. The molecule has 0 amide bonds. The second-order valence-corrected chi connectivity index (χ2v) is 6.78. The summed E-state index contributed by atoms with van der Waals surface area (Å²) in [6, 6.07) is 10.3. The van der Waals surface area contributed by atoms with Gasteiger partial charge in [-0.2, -0.15) is 9.65 Å². The third-order valence-corrected chi connectivity index (χ3v) is 4.78. The fourth-order valence-electron chi connectivity index (χ4n) is 3.18. The Balaban J connectivity index is 1.69. The van der Waals surface area contributed by atoms with Crippen LogP contribution in [0.4, 0.5) is 4.39 Å². The Hall–Kier alpha value is -1.92. The molecule has 0 aliphatic heterocycles. The Labute approximate surface area is 151 Å². The molecule has 1 saturated carbocycles. The number of allylic oxidation sites excluding steroid dienone is 4. The maximum Gasteiger partial charge on any atom is 0.199 e. The van der Waals surface area contributed by atoms with Gasteiger partial charge in [-0.15, -0.1) is 0 Å². The zero-order valence-corrected chi connectivity index (χ0v) is 15.1. The second kappa shape index (κ2) is 10.8. The minimum atomic E-state index is -0.742. The van der Waals surface area contributed by atoms with E-state index in [0.717, 1.165) is 32.1 Å². The van der Waals surface area contributed by atoms with Crippen molar-refractivity contribution in [2.75, 3.05) is 0 Å². The lowest BCUT2D eigenvalue weighted by Crippen LogP contribution is -2.20. The summed E-state index contributed by atoms with van der Waals surface area (Å²) in [6.07, 6.45) is 13.0. The average Bonchev–Trinajstić information content (AvgIpc) is 2.66. The first-order valence-electron chi connectivity index (χ1n) is 9.34. The molecule has 25 heavy (non-hydrogen) atoms. The fourth-order valence-corrected chi connectivity index (χ4v) is 3.18. The molecule has 1 aromatic rings. The van der Waals surface area contributed by atoms with Gasteiger partial charge >= 0.3 is 0 Å². The average molecular weight is 341 g/mol. The van der Waals surface area contributed by atoms with Crippen molar-refractivity contribution in [3.63, 3.8) is 0 Å². The van der Waals surface area contributed by atoms with E-state index < -0.39 is 5.83 Å². The zero-order valence-electron chi connectivity index (χ0n) is 15.1. The molecule has 0 bridgehead atoms. The lowest BCUT2D eigenvalue weighted by Gasteiger charge is -2.26. The molecule has 1 aliphatic rings. The Morgan fingerprint density at radius 3 is 2.52 bits per heavy atom. The van der Waals surface area contributed by atoms with Crippen LogP contribution < -0.4 is 0 Å². The fraction of sp³-hybridized carbons (Fsp3) is 0.500. The van der Waals surface area contributed by atoms with Crippen LogP contribution in [-0.2, 0) is 17.8 Å². The highest BCUT2D eigenvalue weighted by Gasteiger charge is 2.19. The molecule has 0 heterocycles. The predicted octanol–water partition coefficient (Wildman–Crippen LogP) is 6.04. The van der Waals surface area contributed by atoms with Crippen molar-refractivity contribution in [3.8, 4) is 6.07 Å². The maximum atomic E-state index is 12.7. The lowest BCUT2D eigenvalue weighted by molar-refractivity contribution is 0.0110. The molecule has 1 aliphatic carbocycles. The number of nitrogens with zero attached hydrogens (tertiary/aromatic N) is 1. The third kappa shape index (κ3) is 7.23. The summed E-state index contributed by atoms with van der Waals surface area (Å²) in [5.41, 5.74) is 2.64. The van der Waals surface area contributed by atoms with E-state index in [1.807, 2.05) is 6.08 Å². The molecule has 3 heteroatoms. The topological polar surface area (TPSA) is 33.0 Å². The van der Waals surface area contributed by atoms with Crippen LogP contribution in [0.2, 0.25) is 0 Å². The van der Waals surface area contributed by atoms with E-state index >= 15 is 0 Å². The van der Waals surface area contributed by atoms with Gasteiger partial charge in [-0.1, -0.05) is 49.8 Å². The molecule has 1 fully saturated rings. The first-order valence-corrected chi connectivity index (χ1v) is 9.34. The van der Waals surface area contributed by atoms with E-state index in [2.05, 4.69) is 31.2 Å². The number of hydrogen-bond donors (Lipinski definition) is 0.